The number of nitrogens with zero attached hydrogens (tertiary/aromatic N) is 1. The Morgan fingerprint density at radius 2 is 2.00 bits per heavy atom. The van der Waals surface area contributed by atoms with Gasteiger partial charge in [-0.3, -0.25) is 0 Å². The second kappa shape index (κ2) is 7.25. The van der Waals surface area contributed by atoms with Crippen molar-refractivity contribution in [1.29, 1.82) is 5.26 Å². The first-order valence-corrected chi connectivity index (χ1v) is 5.26. The average molecular weight is 209 g/mol. The zero-order chi connectivity index (χ0) is 11.6. The Balaban J connectivity index is 2.68. The molecule has 0 aliphatic rings. The molecule has 0 fully saturated rings. The Bertz CT molecular complexity index is 407. The van der Waals surface area contributed by atoms with Crippen LogP contribution in [0.3, 0.4) is 0 Å². The maximum Gasteiger partial charge on any atom is 0.0631 e. The molecule has 0 radical (unpaired) electrons. The number of hydrogen-bond donors (Lipinski definition) is 0. The summed E-state index contributed by atoms with van der Waals surface area (Å²) in [5.74, 6) is 0.156. The highest BCUT2D eigenvalue weighted by Gasteiger charge is 1.97. The molecule has 0 saturated heterocycles. The first-order valence-electron chi connectivity index (χ1n) is 5.26. The molecule has 0 bridgehead atoms. The van der Waals surface area contributed by atoms with Crippen LogP contribution in [-0.4, -0.2) is 0 Å². The third-order valence-corrected chi connectivity index (χ3v) is 2.16. The van der Waals surface area contributed by atoms with Crippen LogP contribution in [0, 0.1) is 17.2 Å². The molecule has 1 aromatic rings. The molecule has 0 aliphatic heterocycles. The minimum absolute atomic E-state index is 0.156. The Labute approximate surface area is 97.0 Å². The van der Waals surface area contributed by atoms with Crippen LogP contribution in [0.1, 0.15) is 12.0 Å². The van der Waals surface area contributed by atoms with Crippen molar-refractivity contribution >= 4 is 6.08 Å². The van der Waals surface area contributed by atoms with Gasteiger partial charge in [-0.25, -0.2) is 0 Å². The van der Waals surface area contributed by atoms with Crippen molar-refractivity contribution in [1.82, 2.24) is 0 Å². The van der Waals surface area contributed by atoms with Crippen molar-refractivity contribution in [2.24, 2.45) is 5.92 Å². The fraction of sp³-hybridized carbons (Fsp3) is 0.133. The zero-order valence-electron chi connectivity index (χ0n) is 9.21. The summed E-state index contributed by atoms with van der Waals surface area (Å²) in [6.07, 6.45) is 10.1. The van der Waals surface area contributed by atoms with Gasteiger partial charge >= 0.3 is 0 Å². The van der Waals surface area contributed by atoms with Crippen LogP contribution in [0.15, 0.2) is 61.2 Å². The van der Waals surface area contributed by atoms with Crippen LogP contribution < -0.4 is 0 Å². The summed E-state index contributed by atoms with van der Waals surface area (Å²) in [5.41, 5.74) is 1.15. The van der Waals surface area contributed by atoms with E-state index in [1.807, 2.05) is 54.6 Å². The van der Waals surface area contributed by atoms with Gasteiger partial charge in [-0.15, -0.1) is 0 Å². The quantitative estimate of drug-likeness (QED) is 0.673. The van der Waals surface area contributed by atoms with Crippen molar-refractivity contribution < 1.29 is 0 Å². The second-order valence-electron chi connectivity index (χ2n) is 3.42. The van der Waals surface area contributed by atoms with Crippen LogP contribution in [0.5, 0.6) is 0 Å². The first kappa shape index (κ1) is 12.0. The highest BCUT2D eigenvalue weighted by molar-refractivity contribution is 5.49. The van der Waals surface area contributed by atoms with E-state index in [0.717, 1.165) is 5.56 Å². The Hall–Kier alpha value is -2.07. The van der Waals surface area contributed by atoms with Crippen molar-refractivity contribution in [3.63, 3.8) is 0 Å². The predicted molar refractivity (Wildman–Crippen MR) is 68.5 cm³/mol. The van der Waals surface area contributed by atoms with Crippen molar-refractivity contribution in [2.45, 2.75) is 6.42 Å². The van der Waals surface area contributed by atoms with E-state index >= 15 is 0 Å². The van der Waals surface area contributed by atoms with E-state index in [-0.39, 0.29) is 5.92 Å². The van der Waals surface area contributed by atoms with Crippen LogP contribution >= 0.6 is 0 Å². The molecule has 0 saturated carbocycles. The lowest BCUT2D eigenvalue weighted by Gasteiger charge is -2.00. The van der Waals surface area contributed by atoms with Gasteiger partial charge in [0.15, 0.2) is 0 Å². The number of benzene rings is 1. The third-order valence-electron chi connectivity index (χ3n) is 2.16. The summed E-state index contributed by atoms with van der Waals surface area (Å²) in [4.78, 5) is 0. The van der Waals surface area contributed by atoms with E-state index < -0.39 is 0 Å². The molecular weight excluding hydrogens is 194 g/mol. The molecule has 1 unspecified atom stereocenters. The molecule has 1 atom stereocenters. The Kier molecular flexibility index (Phi) is 5.44. The van der Waals surface area contributed by atoms with Gasteiger partial charge in [-0.2, -0.15) is 5.26 Å². The van der Waals surface area contributed by atoms with Gasteiger partial charge in [0.05, 0.1) is 6.07 Å². The Morgan fingerprint density at radius 3 is 2.62 bits per heavy atom. The molecule has 1 heteroatoms. The van der Waals surface area contributed by atoms with Crippen molar-refractivity contribution in [3.05, 3.63) is 66.8 Å². The molecule has 80 valence electrons. The molecular formula is C15H15N. The van der Waals surface area contributed by atoms with Gasteiger partial charge in [0.25, 0.3) is 0 Å². The van der Waals surface area contributed by atoms with E-state index in [9.17, 15) is 0 Å². The smallest absolute Gasteiger partial charge is 0.0631 e. The summed E-state index contributed by atoms with van der Waals surface area (Å²) in [5, 5.41) is 8.69. The zero-order valence-corrected chi connectivity index (χ0v) is 9.21. The number of nitriles is 1. The summed E-state index contributed by atoms with van der Waals surface area (Å²) < 4.78 is 0. The molecule has 1 rings (SSSR count). The highest BCUT2D eigenvalue weighted by Crippen LogP contribution is 2.10. The van der Waals surface area contributed by atoms with Gasteiger partial charge < -0.3 is 0 Å². The summed E-state index contributed by atoms with van der Waals surface area (Å²) >= 11 is 0. The third kappa shape index (κ3) is 4.43. The molecule has 0 amide bonds. The molecule has 0 aromatic heterocycles. The molecule has 0 heterocycles. The van der Waals surface area contributed by atoms with Gasteiger partial charge in [0.1, 0.15) is 0 Å². The Morgan fingerprint density at radius 1 is 1.25 bits per heavy atom. The number of rotatable bonds is 5. The van der Waals surface area contributed by atoms with Crippen LogP contribution in [0.2, 0.25) is 0 Å². The topological polar surface area (TPSA) is 23.8 Å². The summed E-state index contributed by atoms with van der Waals surface area (Å²) in [6.45, 7) is 3.62. The standard InChI is InChI=1S/C15H15N/c1-2-3-7-15(12-13-16)11-10-14-8-5-4-6-9-14/h2-11,15H,1,12H2. The lowest BCUT2D eigenvalue weighted by Crippen LogP contribution is -1.88. The SMILES string of the molecule is C=CC=CC(C=Cc1ccccc1)CC#N. The molecule has 0 N–H and O–H groups in total. The largest absolute Gasteiger partial charge is 0.198 e. The summed E-state index contributed by atoms with van der Waals surface area (Å²) in [7, 11) is 0. The average Bonchev–Trinajstić information content (AvgIpc) is 2.34. The fourth-order valence-corrected chi connectivity index (χ4v) is 1.33. The van der Waals surface area contributed by atoms with Gasteiger partial charge in [0.2, 0.25) is 0 Å². The molecule has 0 aliphatic carbocycles. The molecule has 16 heavy (non-hydrogen) atoms. The number of allylic oxidation sites excluding steroid dienone is 4. The first-order chi connectivity index (χ1) is 7.86. The molecule has 1 nitrogen and oxygen atoms in total. The maximum atomic E-state index is 8.69. The molecule has 0 spiro atoms. The second-order valence-corrected chi connectivity index (χ2v) is 3.42. The van der Waals surface area contributed by atoms with E-state index in [4.69, 9.17) is 5.26 Å². The predicted octanol–water partition coefficient (Wildman–Crippen LogP) is 3.97. The van der Waals surface area contributed by atoms with Gasteiger partial charge in [-0.1, -0.05) is 67.3 Å². The van der Waals surface area contributed by atoms with E-state index in [1.54, 1.807) is 6.08 Å². The van der Waals surface area contributed by atoms with E-state index in [2.05, 4.69) is 12.6 Å². The minimum atomic E-state index is 0.156. The van der Waals surface area contributed by atoms with Gasteiger partial charge in [-0.05, 0) is 5.56 Å². The fourth-order valence-electron chi connectivity index (χ4n) is 1.33. The van der Waals surface area contributed by atoms with Crippen LogP contribution in [0.4, 0.5) is 0 Å². The monoisotopic (exact) mass is 209 g/mol. The van der Waals surface area contributed by atoms with Crippen LogP contribution in [0.25, 0.3) is 6.08 Å². The van der Waals surface area contributed by atoms with Crippen molar-refractivity contribution in [2.75, 3.05) is 0 Å². The minimum Gasteiger partial charge on any atom is -0.198 e. The molecule has 1 aromatic carbocycles. The summed E-state index contributed by atoms with van der Waals surface area (Å²) in [6, 6.07) is 12.2. The van der Waals surface area contributed by atoms with Crippen LogP contribution in [-0.2, 0) is 0 Å². The normalized spacial score (nSPS) is 12.7. The lowest BCUT2D eigenvalue weighted by atomic mass is 10.0. The number of hydrogen-bond acceptors (Lipinski definition) is 1. The lowest BCUT2D eigenvalue weighted by molar-refractivity contribution is 0.846. The van der Waals surface area contributed by atoms with E-state index in [1.165, 1.54) is 0 Å². The van der Waals surface area contributed by atoms with Crippen molar-refractivity contribution in [3.8, 4) is 6.07 Å². The van der Waals surface area contributed by atoms with Gasteiger partial charge in [0, 0.05) is 12.3 Å². The maximum absolute atomic E-state index is 8.69. The van der Waals surface area contributed by atoms with E-state index in [0.29, 0.717) is 6.42 Å². The highest BCUT2D eigenvalue weighted by atomic mass is 14.2.